The lowest BCUT2D eigenvalue weighted by Gasteiger charge is -2.44. The number of unbranched alkanes of at least 4 members (excludes halogenated alkanes) is 2. The van der Waals surface area contributed by atoms with Crippen molar-refractivity contribution in [1.82, 2.24) is 0 Å². The van der Waals surface area contributed by atoms with Gasteiger partial charge in [-0.3, -0.25) is 9.35 Å². The molecule has 0 aromatic heterocycles. The molecule has 0 aliphatic carbocycles. The summed E-state index contributed by atoms with van der Waals surface area (Å²) >= 11 is 0. The first-order chi connectivity index (χ1) is 23.2. The van der Waals surface area contributed by atoms with Gasteiger partial charge in [0.1, 0.15) is 0 Å². The molecule has 0 amide bonds. The number of aliphatic carboxylic acids is 1. The molecule has 3 aromatic carbocycles. The lowest BCUT2D eigenvalue weighted by atomic mass is 9.67. The van der Waals surface area contributed by atoms with Crippen LogP contribution in [0.4, 0.5) is 5.69 Å². The Hall–Kier alpha value is -3.72. The number of benzene rings is 3. The zero-order chi connectivity index (χ0) is 35.3. The SMILES string of the molecule is C=C(C1=CC2=C3N(CCC2OC1CCC)c1ccc2cc(S(=O)(=O)O)ccc2c1C3(C)C)C(C)(CCCCCC(=O)O)c1ccccc1C. The number of allylic oxidation sites excluding steroid dienone is 1. The number of hydrogen-bond acceptors (Lipinski definition) is 5. The van der Waals surface area contributed by atoms with Gasteiger partial charge in [-0.15, -0.1) is 0 Å². The standard InChI is InChI=1S/C41H49NO6S/c1-7-13-35-31(27(3)41(6,22-12-8-9-16-37(43)44)33-15-11-10-14-26(33)2)25-32-36(48-35)21-23-42-34-20-17-28-24-29(49(45,46)47)18-19-30(28)38(34)40(4,5)39(32)42/h10-11,14-15,17-20,24-25,35-36H,3,7-9,12-13,16,21-23H2,1-2,4-6H3,(H,43,44)(H,45,46,47). The fourth-order valence-electron chi connectivity index (χ4n) is 8.71. The second kappa shape index (κ2) is 13.2. The molecule has 49 heavy (non-hydrogen) atoms. The predicted octanol–water partition coefficient (Wildman–Crippen LogP) is 9.19. The van der Waals surface area contributed by atoms with Gasteiger partial charge in [0.2, 0.25) is 0 Å². The Balaban J connectivity index is 1.47. The normalized spacial score (nSPS) is 21.1. The molecule has 3 aliphatic rings. The second-order valence-corrected chi connectivity index (χ2v) is 16.2. The molecule has 260 valence electrons. The maximum atomic E-state index is 11.9. The summed E-state index contributed by atoms with van der Waals surface area (Å²) in [5.41, 5.74) is 8.49. The van der Waals surface area contributed by atoms with E-state index in [4.69, 9.17) is 11.3 Å². The van der Waals surface area contributed by atoms with E-state index in [-0.39, 0.29) is 28.9 Å². The summed E-state index contributed by atoms with van der Waals surface area (Å²) in [5.74, 6) is -0.753. The number of fused-ring (bicyclic) bond motifs is 6. The Morgan fingerprint density at radius 3 is 2.55 bits per heavy atom. The molecule has 3 atom stereocenters. The van der Waals surface area contributed by atoms with Crippen LogP contribution in [0.3, 0.4) is 0 Å². The van der Waals surface area contributed by atoms with Gasteiger partial charge < -0.3 is 14.7 Å². The van der Waals surface area contributed by atoms with Crippen molar-refractivity contribution in [3.63, 3.8) is 0 Å². The Labute approximate surface area is 291 Å². The van der Waals surface area contributed by atoms with Gasteiger partial charge in [-0.2, -0.15) is 8.42 Å². The zero-order valence-corrected chi connectivity index (χ0v) is 30.2. The third-order valence-corrected chi connectivity index (χ3v) is 12.0. The van der Waals surface area contributed by atoms with E-state index in [2.05, 4.69) is 75.9 Å². The van der Waals surface area contributed by atoms with E-state index < -0.39 is 21.5 Å². The summed E-state index contributed by atoms with van der Waals surface area (Å²) in [7, 11) is -4.32. The quantitative estimate of drug-likeness (QED) is 0.145. The van der Waals surface area contributed by atoms with Crippen molar-refractivity contribution in [2.45, 2.75) is 114 Å². The summed E-state index contributed by atoms with van der Waals surface area (Å²) in [5, 5.41) is 10.9. The largest absolute Gasteiger partial charge is 0.481 e. The Morgan fingerprint density at radius 2 is 1.86 bits per heavy atom. The summed E-state index contributed by atoms with van der Waals surface area (Å²) in [4.78, 5) is 13.5. The van der Waals surface area contributed by atoms with Crippen molar-refractivity contribution in [3.8, 4) is 0 Å². The van der Waals surface area contributed by atoms with Gasteiger partial charge >= 0.3 is 5.97 Å². The van der Waals surface area contributed by atoms with Crippen LogP contribution in [0.15, 0.2) is 94.6 Å². The number of rotatable bonds is 12. The number of nitrogens with zero attached hydrogens (tertiary/aromatic N) is 1. The lowest BCUT2D eigenvalue weighted by Crippen LogP contribution is -2.43. The van der Waals surface area contributed by atoms with Crippen LogP contribution in [0.5, 0.6) is 0 Å². The lowest BCUT2D eigenvalue weighted by molar-refractivity contribution is -0.137. The van der Waals surface area contributed by atoms with Crippen molar-refractivity contribution in [1.29, 1.82) is 0 Å². The Kier molecular flexibility index (Phi) is 9.46. The molecule has 0 saturated heterocycles. The topological polar surface area (TPSA) is 104 Å². The molecule has 3 unspecified atom stereocenters. The first-order valence-corrected chi connectivity index (χ1v) is 19.0. The highest BCUT2D eigenvalue weighted by molar-refractivity contribution is 7.85. The van der Waals surface area contributed by atoms with Gasteiger partial charge in [0.15, 0.2) is 0 Å². The number of hydrogen-bond donors (Lipinski definition) is 2. The fraction of sp³-hybridized carbons (Fsp3) is 0.439. The van der Waals surface area contributed by atoms with E-state index in [1.165, 1.54) is 28.5 Å². The minimum atomic E-state index is -4.32. The molecule has 0 fully saturated rings. The average Bonchev–Trinajstić information content (AvgIpc) is 3.30. The maximum Gasteiger partial charge on any atom is 0.303 e. The maximum absolute atomic E-state index is 11.9. The average molecular weight is 684 g/mol. The summed E-state index contributed by atoms with van der Waals surface area (Å²) in [6.07, 6.45) is 8.39. The number of ether oxygens (including phenoxy) is 1. The molecule has 3 aliphatic heterocycles. The number of aryl methyl sites for hydroxylation is 1. The van der Waals surface area contributed by atoms with Gasteiger partial charge in [-0.25, -0.2) is 0 Å². The highest BCUT2D eigenvalue weighted by Gasteiger charge is 2.48. The number of anilines is 1. The van der Waals surface area contributed by atoms with Crippen LogP contribution in [-0.4, -0.2) is 42.8 Å². The zero-order valence-electron chi connectivity index (χ0n) is 29.4. The summed E-state index contributed by atoms with van der Waals surface area (Å²) < 4.78 is 40.7. The molecule has 0 radical (unpaired) electrons. The van der Waals surface area contributed by atoms with E-state index in [0.717, 1.165) is 78.2 Å². The Bertz CT molecular complexity index is 1990. The van der Waals surface area contributed by atoms with Crippen molar-refractivity contribution in [2.24, 2.45) is 0 Å². The molecule has 3 heterocycles. The minimum absolute atomic E-state index is 0.0499. The number of carboxylic acid groups (broad SMARTS) is 1. The predicted molar refractivity (Wildman–Crippen MR) is 196 cm³/mol. The summed E-state index contributed by atoms with van der Waals surface area (Å²) in [6.45, 7) is 16.8. The van der Waals surface area contributed by atoms with Crippen molar-refractivity contribution in [3.05, 3.63) is 106 Å². The van der Waals surface area contributed by atoms with Gasteiger partial charge in [-0.05, 0) is 95.5 Å². The van der Waals surface area contributed by atoms with Crippen molar-refractivity contribution in [2.75, 3.05) is 11.4 Å². The molecule has 8 heteroatoms. The van der Waals surface area contributed by atoms with Gasteiger partial charge in [0.05, 0.1) is 17.1 Å². The van der Waals surface area contributed by atoms with E-state index in [9.17, 15) is 22.9 Å². The van der Waals surface area contributed by atoms with Crippen LogP contribution in [0, 0.1) is 6.92 Å². The molecular weight excluding hydrogens is 635 g/mol. The fourth-order valence-corrected chi connectivity index (χ4v) is 9.23. The molecule has 7 nitrogen and oxygen atoms in total. The molecule has 0 saturated carbocycles. The monoisotopic (exact) mass is 683 g/mol. The third kappa shape index (κ3) is 6.28. The second-order valence-electron chi connectivity index (χ2n) is 14.8. The van der Waals surface area contributed by atoms with E-state index in [0.29, 0.717) is 6.42 Å². The molecule has 2 N–H and O–H groups in total. The van der Waals surface area contributed by atoms with Crippen LogP contribution in [-0.2, 0) is 30.5 Å². The molecule has 3 aromatic rings. The van der Waals surface area contributed by atoms with Crippen LogP contribution < -0.4 is 4.90 Å². The van der Waals surface area contributed by atoms with E-state index in [1.54, 1.807) is 6.07 Å². The van der Waals surface area contributed by atoms with Crippen LogP contribution >= 0.6 is 0 Å². The number of carboxylic acids is 1. The molecule has 6 rings (SSSR count). The van der Waals surface area contributed by atoms with Crippen LogP contribution in [0.25, 0.3) is 10.8 Å². The first-order valence-electron chi connectivity index (χ1n) is 17.6. The summed E-state index contributed by atoms with van der Waals surface area (Å²) in [6, 6.07) is 17.4. The molecule has 0 bridgehead atoms. The molecular formula is C41H49NO6S. The number of carbonyl (C=O) groups is 1. The van der Waals surface area contributed by atoms with Gasteiger partial charge in [-0.1, -0.05) is 89.9 Å². The van der Waals surface area contributed by atoms with Gasteiger partial charge in [0.25, 0.3) is 10.1 Å². The minimum Gasteiger partial charge on any atom is -0.481 e. The molecule has 0 spiro atoms. The van der Waals surface area contributed by atoms with Gasteiger partial charge in [0, 0.05) is 40.8 Å². The first kappa shape index (κ1) is 35.1. The Morgan fingerprint density at radius 1 is 1.10 bits per heavy atom. The highest BCUT2D eigenvalue weighted by Crippen LogP contribution is 2.55. The van der Waals surface area contributed by atoms with Crippen LogP contribution in [0.2, 0.25) is 0 Å². The third-order valence-electron chi connectivity index (χ3n) is 11.1. The smallest absolute Gasteiger partial charge is 0.303 e. The van der Waals surface area contributed by atoms with Crippen molar-refractivity contribution >= 4 is 32.5 Å². The van der Waals surface area contributed by atoms with E-state index >= 15 is 0 Å². The van der Waals surface area contributed by atoms with Crippen LogP contribution in [0.1, 0.15) is 95.8 Å². The highest BCUT2D eigenvalue weighted by atomic mass is 32.2. The van der Waals surface area contributed by atoms with E-state index in [1.807, 2.05) is 12.1 Å². The van der Waals surface area contributed by atoms with Crippen molar-refractivity contribution < 1.29 is 27.6 Å².